The van der Waals surface area contributed by atoms with E-state index in [9.17, 15) is 0 Å². The molecule has 0 amide bonds. The smallest absolute Gasteiger partial charge is 0.147 e. The van der Waals surface area contributed by atoms with Gasteiger partial charge in [-0.2, -0.15) is 0 Å². The summed E-state index contributed by atoms with van der Waals surface area (Å²) in [5.74, 6) is 3.63. The van der Waals surface area contributed by atoms with E-state index in [2.05, 4.69) is 66.6 Å². The van der Waals surface area contributed by atoms with Crippen molar-refractivity contribution >= 4 is 31.8 Å². The summed E-state index contributed by atoms with van der Waals surface area (Å²) in [4.78, 5) is 0. The third kappa shape index (κ3) is 3.94. The van der Waals surface area contributed by atoms with Gasteiger partial charge in [0.15, 0.2) is 0 Å². The first kappa shape index (κ1) is 24.9. The fourth-order valence-electron chi connectivity index (χ4n) is 7.76. The van der Waals surface area contributed by atoms with E-state index >= 15 is 0 Å². The van der Waals surface area contributed by atoms with Gasteiger partial charge in [-0.1, -0.05) is 0 Å². The van der Waals surface area contributed by atoms with Gasteiger partial charge in [0.2, 0.25) is 0 Å². The van der Waals surface area contributed by atoms with Crippen LogP contribution in [0.2, 0.25) is 16.7 Å². The van der Waals surface area contributed by atoms with Crippen LogP contribution in [0.15, 0.2) is 47.6 Å². The van der Waals surface area contributed by atoms with E-state index in [0.717, 1.165) is 31.0 Å². The quantitative estimate of drug-likeness (QED) is 0.290. The van der Waals surface area contributed by atoms with Crippen molar-refractivity contribution in [1.29, 1.82) is 0 Å². The predicted molar refractivity (Wildman–Crippen MR) is 130 cm³/mol. The van der Waals surface area contributed by atoms with E-state index in [1.165, 1.54) is 38.5 Å². The van der Waals surface area contributed by atoms with Gasteiger partial charge in [-0.05, 0) is 0 Å². The van der Waals surface area contributed by atoms with E-state index < -0.39 is 17.1 Å². The van der Waals surface area contributed by atoms with Crippen LogP contribution >= 0.6 is 24.8 Å². The first-order valence-electron chi connectivity index (χ1n) is 11.2. The van der Waals surface area contributed by atoms with E-state index in [-0.39, 0.29) is 24.8 Å². The Labute approximate surface area is 188 Å². The minimum Gasteiger partial charge on any atom is -0.147 e. The Bertz CT molecular complexity index is 711. The van der Waals surface area contributed by atoms with Crippen LogP contribution in [-0.4, -0.2) is 6.94 Å². The average molecular weight is 606 g/mol. The molecule has 0 radical (unpaired) electrons. The standard InChI is InChI=1S/2C11H15.2CH3.2ClH.Hf.H2Si/c2*1-2-9-7-10-5-3-4-6-11(10)8-9;;;;;;/h2*3-5,7,9,11H,2,6,8H2,1H3;2*1H3;2*1H;;1H2. The molecule has 6 unspecified atom stereocenters. The van der Waals surface area contributed by atoms with E-state index in [1.54, 1.807) is 0 Å². The van der Waals surface area contributed by atoms with Crippen LogP contribution in [0.3, 0.4) is 0 Å². The molecule has 0 aromatic rings. The van der Waals surface area contributed by atoms with Crippen molar-refractivity contribution in [3.05, 3.63) is 47.6 Å². The molecule has 0 spiro atoms. The molecule has 4 aliphatic carbocycles. The second-order valence-corrected chi connectivity index (χ2v) is 54.6. The molecule has 2 fully saturated rings. The molecular weight excluding hydrogens is 566 g/mol. The van der Waals surface area contributed by atoms with Crippen LogP contribution < -0.4 is 0 Å². The molecule has 4 aliphatic rings. The van der Waals surface area contributed by atoms with Crippen LogP contribution in [0.1, 0.15) is 52.4 Å². The summed E-state index contributed by atoms with van der Waals surface area (Å²) in [5, 5.41) is 0. The molecule has 4 heteroatoms. The molecule has 4 rings (SSSR count). The fourth-order valence-corrected chi connectivity index (χ4v) is 42.5. The van der Waals surface area contributed by atoms with E-state index in [1.807, 2.05) is 11.1 Å². The molecule has 2 saturated carbocycles. The third-order valence-electron chi connectivity index (χ3n) is 8.56. The second kappa shape index (κ2) is 9.01. The SMILES string of the molecule is CCC1CC2CC=CC=C2[CH]1[Hf]([CH3])([CH3])(=[SiH2])[CH]1C2=CC=CCC2CC1CC.Cl.Cl. The first-order valence-corrected chi connectivity index (χ1v) is 30.8. The van der Waals surface area contributed by atoms with Gasteiger partial charge in [-0.25, -0.2) is 0 Å². The van der Waals surface area contributed by atoms with Gasteiger partial charge in [-0.3, -0.25) is 0 Å². The Morgan fingerprint density at radius 2 is 1.21 bits per heavy atom. The summed E-state index contributed by atoms with van der Waals surface area (Å²) in [5.41, 5.74) is 3.78. The third-order valence-corrected chi connectivity index (χ3v) is 36.2. The maximum absolute atomic E-state index is 3.14. The molecule has 158 valence electrons. The van der Waals surface area contributed by atoms with Gasteiger partial charge in [0, 0.05) is 0 Å². The number of allylic oxidation sites excluding steroid dienone is 8. The van der Waals surface area contributed by atoms with Gasteiger partial charge in [0.05, 0.1) is 0 Å². The van der Waals surface area contributed by atoms with Crippen molar-refractivity contribution < 1.29 is 17.1 Å². The summed E-state index contributed by atoms with van der Waals surface area (Å²) in [6.45, 7) is 7.52. The first-order chi connectivity index (χ1) is 12.4. The van der Waals surface area contributed by atoms with Gasteiger partial charge in [0.25, 0.3) is 0 Å². The Morgan fingerprint density at radius 3 is 1.57 bits per heavy atom. The van der Waals surface area contributed by atoms with Crippen molar-refractivity contribution in [3.63, 3.8) is 0 Å². The van der Waals surface area contributed by atoms with Gasteiger partial charge >= 0.3 is 164 Å². The largest absolute Gasteiger partial charge is 0.147 e. The van der Waals surface area contributed by atoms with Gasteiger partial charge < -0.3 is 0 Å². The van der Waals surface area contributed by atoms with E-state index in [4.69, 9.17) is 0 Å². The van der Waals surface area contributed by atoms with Gasteiger partial charge in [-0.15, -0.1) is 24.8 Å². The number of hydrogen-bond donors (Lipinski definition) is 0. The minimum absolute atomic E-state index is 0. The number of hydrogen-bond acceptors (Lipinski definition) is 0. The van der Waals surface area contributed by atoms with E-state index in [0.29, 0.717) is 0 Å². The Kier molecular flexibility index (Phi) is 8.01. The van der Waals surface area contributed by atoms with Crippen LogP contribution in [0.5, 0.6) is 0 Å². The minimum atomic E-state index is -3.14. The molecule has 0 N–H and O–H groups in total. The van der Waals surface area contributed by atoms with Crippen LogP contribution in [0.25, 0.3) is 0 Å². The van der Waals surface area contributed by atoms with Crippen molar-refractivity contribution in [1.82, 2.24) is 0 Å². The molecule has 6 atom stereocenters. The Hall–Kier alpha value is 0.627. The summed E-state index contributed by atoms with van der Waals surface area (Å²) < 4.78 is 7.66. The maximum atomic E-state index is 2.87. The average Bonchev–Trinajstić information content (AvgIpc) is 3.20. The monoisotopic (exact) mass is 606 g/mol. The molecule has 0 aliphatic heterocycles. The molecule has 0 heterocycles. The summed E-state index contributed by atoms with van der Waals surface area (Å²) in [7, 11) is 0. The number of halogens is 2. The zero-order chi connectivity index (χ0) is 18.6. The summed E-state index contributed by atoms with van der Waals surface area (Å²) in [6, 6.07) is 0. The molecule has 0 aromatic heterocycles. The number of rotatable bonds is 4. The van der Waals surface area contributed by atoms with Crippen LogP contribution in [0.4, 0.5) is 0 Å². The van der Waals surface area contributed by atoms with Crippen LogP contribution in [0, 0.1) is 23.7 Å². The molecular formula is C24H40Cl2HfSi. The molecule has 0 bridgehead atoms. The van der Waals surface area contributed by atoms with Crippen molar-refractivity contribution in [2.45, 2.75) is 69.1 Å². The van der Waals surface area contributed by atoms with Crippen molar-refractivity contribution in [2.24, 2.45) is 23.7 Å². The summed E-state index contributed by atoms with van der Waals surface area (Å²) >= 11 is -3.14. The van der Waals surface area contributed by atoms with Gasteiger partial charge in [0.1, 0.15) is 0 Å². The molecule has 28 heavy (non-hydrogen) atoms. The Balaban J connectivity index is 0.00000140. The normalized spacial score (nSPS) is 36.6. The molecule has 0 nitrogen and oxygen atoms in total. The topological polar surface area (TPSA) is 0 Å². The number of fused-ring (bicyclic) bond motifs is 2. The fraction of sp³-hybridized carbons (Fsp3) is 0.667. The maximum Gasteiger partial charge on any atom is -0.147 e. The molecule has 0 aromatic carbocycles. The Morgan fingerprint density at radius 1 is 0.821 bits per heavy atom. The predicted octanol–water partition coefficient (Wildman–Crippen LogP) is 7.61. The molecule has 0 saturated heterocycles. The van der Waals surface area contributed by atoms with Crippen molar-refractivity contribution in [3.8, 4) is 0 Å². The van der Waals surface area contributed by atoms with Crippen molar-refractivity contribution in [2.75, 3.05) is 0 Å². The second-order valence-electron chi connectivity index (χ2n) is 10.8. The zero-order valence-corrected chi connectivity index (χ0v) is 24.8. The zero-order valence-electron chi connectivity index (χ0n) is 18.2. The summed E-state index contributed by atoms with van der Waals surface area (Å²) in [6.07, 6.45) is 23.1. The van der Waals surface area contributed by atoms with Crippen LogP contribution in [-0.2, 0) is 17.1 Å².